The Morgan fingerprint density at radius 2 is 2.39 bits per heavy atom. The Morgan fingerprint density at radius 1 is 1.61 bits per heavy atom. The van der Waals surface area contributed by atoms with Gasteiger partial charge in [0.25, 0.3) is 0 Å². The van der Waals surface area contributed by atoms with Crippen LogP contribution in [-0.4, -0.2) is 22.1 Å². The first-order chi connectivity index (χ1) is 8.63. The number of H-pyrrole nitrogens is 1. The number of nitrogens with zero attached hydrogens (tertiary/aromatic N) is 1. The molecule has 2 aromatic rings. The summed E-state index contributed by atoms with van der Waals surface area (Å²) in [5.74, 6) is -0.603. The standard InChI is InChI=1S/C12H15FN4O/c1-2-4-8(14)12(18)15-11-10-7(13)5-3-6-9(10)16-17-11/h3,5-6,8H,2,4,14H2,1H3,(H2,15,16,17,18). The second-order valence-electron chi connectivity index (χ2n) is 4.12. The summed E-state index contributed by atoms with van der Waals surface area (Å²) in [5.41, 5.74) is 6.22. The molecule has 96 valence electrons. The van der Waals surface area contributed by atoms with Crippen LogP contribution < -0.4 is 11.1 Å². The highest BCUT2D eigenvalue weighted by molar-refractivity contribution is 6.01. The van der Waals surface area contributed by atoms with Gasteiger partial charge in [0.05, 0.1) is 16.9 Å². The Kier molecular flexibility index (Phi) is 3.57. The summed E-state index contributed by atoms with van der Waals surface area (Å²) < 4.78 is 13.6. The molecule has 5 nitrogen and oxygen atoms in total. The van der Waals surface area contributed by atoms with Gasteiger partial charge in [-0.3, -0.25) is 9.89 Å². The van der Waals surface area contributed by atoms with Crippen molar-refractivity contribution in [1.29, 1.82) is 0 Å². The highest BCUT2D eigenvalue weighted by Gasteiger charge is 2.17. The van der Waals surface area contributed by atoms with Gasteiger partial charge in [-0.2, -0.15) is 5.10 Å². The van der Waals surface area contributed by atoms with Crippen molar-refractivity contribution in [3.8, 4) is 0 Å². The van der Waals surface area contributed by atoms with E-state index in [1.54, 1.807) is 12.1 Å². The Bertz CT molecular complexity index is 566. The largest absolute Gasteiger partial charge is 0.320 e. The van der Waals surface area contributed by atoms with E-state index in [9.17, 15) is 9.18 Å². The van der Waals surface area contributed by atoms with Gasteiger partial charge < -0.3 is 11.1 Å². The SMILES string of the molecule is CCCC(N)C(=O)Nc1n[nH]c2cccc(F)c12. The zero-order valence-corrected chi connectivity index (χ0v) is 10.0. The van der Waals surface area contributed by atoms with Crippen molar-refractivity contribution in [1.82, 2.24) is 10.2 Å². The number of hydrogen-bond acceptors (Lipinski definition) is 3. The van der Waals surface area contributed by atoms with Gasteiger partial charge in [-0.05, 0) is 18.6 Å². The molecule has 1 atom stereocenters. The molecule has 1 unspecified atom stereocenters. The fraction of sp³-hybridized carbons (Fsp3) is 0.333. The minimum atomic E-state index is -0.603. The maximum absolute atomic E-state index is 13.6. The number of nitrogens with one attached hydrogen (secondary N) is 2. The van der Waals surface area contributed by atoms with Crippen molar-refractivity contribution in [2.24, 2.45) is 5.73 Å². The minimum Gasteiger partial charge on any atom is -0.320 e. The molecule has 0 radical (unpaired) electrons. The third-order valence-corrected chi connectivity index (χ3v) is 2.72. The van der Waals surface area contributed by atoms with E-state index in [4.69, 9.17) is 5.73 Å². The van der Waals surface area contributed by atoms with Gasteiger partial charge in [0, 0.05) is 0 Å². The van der Waals surface area contributed by atoms with E-state index in [0.717, 1.165) is 6.42 Å². The molecule has 0 bridgehead atoms. The molecule has 0 aliphatic rings. The fourth-order valence-electron chi connectivity index (χ4n) is 1.77. The number of fused-ring (bicyclic) bond motifs is 1. The molecule has 2 rings (SSSR count). The smallest absolute Gasteiger partial charge is 0.242 e. The van der Waals surface area contributed by atoms with Crippen LogP contribution in [0.25, 0.3) is 10.9 Å². The number of benzene rings is 1. The lowest BCUT2D eigenvalue weighted by Gasteiger charge is -2.09. The molecule has 1 aromatic heterocycles. The molecular weight excluding hydrogens is 235 g/mol. The molecule has 1 heterocycles. The van der Waals surface area contributed by atoms with Gasteiger partial charge in [-0.25, -0.2) is 4.39 Å². The summed E-state index contributed by atoms with van der Waals surface area (Å²) in [7, 11) is 0. The number of anilines is 1. The van der Waals surface area contributed by atoms with Crippen LogP contribution >= 0.6 is 0 Å². The topological polar surface area (TPSA) is 83.8 Å². The van der Waals surface area contributed by atoms with Crippen LogP contribution in [0.2, 0.25) is 0 Å². The van der Waals surface area contributed by atoms with E-state index in [2.05, 4.69) is 15.5 Å². The summed E-state index contributed by atoms with van der Waals surface area (Å²) >= 11 is 0. The zero-order valence-electron chi connectivity index (χ0n) is 10.0. The van der Waals surface area contributed by atoms with Crippen LogP contribution in [0.4, 0.5) is 10.2 Å². The summed E-state index contributed by atoms with van der Waals surface area (Å²) in [5, 5.41) is 9.36. The zero-order chi connectivity index (χ0) is 13.1. The molecule has 0 aliphatic heterocycles. The molecule has 0 saturated heterocycles. The lowest BCUT2D eigenvalue weighted by molar-refractivity contribution is -0.117. The van der Waals surface area contributed by atoms with Gasteiger partial charge in [-0.15, -0.1) is 0 Å². The first kappa shape index (κ1) is 12.5. The normalized spacial score (nSPS) is 12.6. The van der Waals surface area contributed by atoms with Crippen LogP contribution in [0, 0.1) is 5.82 Å². The average Bonchev–Trinajstić information content (AvgIpc) is 2.74. The molecule has 4 N–H and O–H groups in total. The molecular formula is C12H15FN4O. The molecule has 6 heteroatoms. The maximum Gasteiger partial charge on any atom is 0.242 e. The predicted molar refractivity (Wildman–Crippen MR) is 67.6 cm³/mol. The Balaban J connectivity index is 2.25. The van der Waals surface area contributed by atoms with Gasteiger partial charge in [0.1, 0.15) is 5.82 Å². The molecule has 0 aliphatic carbocycles. The third kappa shape index (κ3) is 2.33. The Labute approximate surface area is 104 Å². The number of aromatic amines is 1. The average molecular weight is 250 g/mol. The number of aromatic nitrogens is 2. The van der Waals surface area contributed by atoms with Crippen molar-refractivity contribution in [2.75, 3.05) is 5.32 Å². The highest BCUT2D eigenvalue weighted by Crippen LogP contribution is 2.23. The number of carbonyl (C=O) groups excluding carboxylic acids is 1. The Hall–Kier alpha value is -1.95. The predicted octanol–water partition coefficient (Wildman–Crippen LogP) is 1.77. The minimum absolute atomic E-state index is 0.180. The number of nitrogens with two attached hydrogens (primary N) is 1. The van der Waals surface area contributed by atoms with E-state index in [1.165, 1.54) is 6.07 Å². The first-order valence-electron chi connectivity index (χ1n) is 5.82. The van der Waals surface area contributed by atoms with Crippen LogP contribution in [0.1, 0.15) is 19.8 Å². The molecule has 1 amide bonds. The highest BCUT2D eigenvalue weighted by atomic mass is 19.1. The summed E-state index contributed by atoms with van der Waals surface area (Å²) in [6.07, 6.45) is 1.39. The van der Waals surface area contributed by atoms with Crippen LogP contribution in [0.5, 0.6) is 0 Å². The summed E-state index contributed by atoms with van der Waals surface area (Å²) in [6, 6.07) is 3.98. The van der Waals surface area contributed by atoms with Gasteiger partial charge in [0.15, 0.2) is 5.82 Å². The van der Waals surface area contributed by atoms with E-state index >= 15 is 0 Å². The second kappa shape index (κ2) is 5.14. The summed E-state index contributed by atoms with van der Waals surface area (Å²) in [6.45, 7) is 1.94. The number of amides is 1. The summed E-state index contributed by atoms with van der Waals surface area (Å²) in [4.78, 5) is 11.7. The van der Waals surface area contributed by atoms with Crippen molar-refractivity contribution in [2.45, 2.75) is 25.8 Å². The monoisotopic (exact) mass is 250 g/mol. The lowest BCUT2D eigenvalue weighted by Crippen LogP contribution is -2.35. The Morgan fingerprint density at radius 3 is 3.11 bits per heavy atom. The van der Waals surface area contributed by atoms with Gasteiger partial charge in [-0.1, -0.05) is 19.4 Å². The van der Waals surface area contributed by atoms with Gasteiger partial charge in [0.2, 0.25) is 5.91 Å². The number of hydrogen-bond donors (Lipinski definition) is 3. The van der Waals surface area contributed by atoms with Crippen molar-refractivity contribution in [3.05, 3.63) is 24.0 Å². The van der Waals surface area contributed by atoms with Gasteiger partial charge >= 0.3 is 0 Å². The van der Waals surface area contributed by atoms with Crippen LogP contribution in [0.15, 0.2) is 18.2 Å². The van der Waals surface area contributed by atoms with E-state index in [-0.39, 0.29) is 17.1 Å². The number of halogens is 1. The number of carbonyl (C=O) groups is 1. The third-order valence-electron chi connectivity index (χ3n) is 2.72. The second-order valence-corrected chi connectivity index (χ2v) is 4.12. The molecule has 1 aromatic carbocycles. The molecule has 0 saturated carbocycles. The van der Waals surface area contributed by atoms with E-state index < -0.39 is 11.9 Å². The van der Waals surface area contributed by atoms with E-state index in [1.807, 2.05) is 6.92 Å². The lowest BCUT2D eigenvalue weighted by atomic mass is 10.1. The van der Waals surface area contributed by atoms with Crippen molar-refractivity contribution in [3.63, 3.8) is 0 Å². The van der Waals surface area contributed by atoms with Crippen LogP contribution in [-0.2, 0) is 4.79 Å². The first-order valence-corrected chi connectivity index (χ1v) is 5.82. The van der Waals surface area contributed by atoms with Crippen LogP contribution in [0.3, 0.4) is 0 Å². The van der Waals surface area contributed by atoms with E-state index in [0.29, 0.717) is 11.9 Å². The van der Waals surface area contributed by atoms with Crippen molar-refractivity contribution >= 4 is 22.6 Å². The molecule has 0 spiro atoms. The molecule has 0 fully saturated rings. The fourth-order valence-corrected chi connectivity index (χ4v) is 1.77. The van der Waals surface area contributed by atoms with Crippen molar-refractivity contribution < 1.29 is 9.18 Å². The quantitative estimate of drug-likeness (QED) is 0.773. The number of rotatable bonds is 4. The molecule has 18 heavy (non-hydrogen) atoms. The maximum atomic E-state index is 13.6.